The number of amides is 1. The van der Waals surface area contributed by atoms with E-state index in [9.17, 15) is 9.90 Å². The molecule has 160 valence electrons. The summed E-state index contributed by atoms with van der Waals surface area (Å²) in [5.41, 5.74) is 0. The number of nitrogens with one attached hydrogen (secondary N) is 1. The maximum atomic E-state index is 12.0. The topological polar surface area (TPSA) is 49.3 Å². The number of aliphatic hydroxyl groups is 1. The molecule has 2 N–H and O–H groups in total. The van der Waals surface area contributed by atoms with Crippen LogP contribution in [0.5, 0.6) is 0 Å². The number of rotatable bonds is 17. The minimum absolute atomic E-state index is 0.142. The van der Waals surface area contributed by atoms with Crippen molar-refractivity contribution < 1.29 is 9.90 Å². The Morgan fingerprint density at radius 3 is 1.70 bits per heavy atom. The van der Waals surface area contributed by atoms with Crippen LogP contribution in [0.15, 0.2) is 0 Å². The Balaban J connectivity index is 1.82. The van der Waals surface area contributed by atoms with Gasteiger partial charge in [0.05, 0.1) is 0 Å². The Morgan fingerprint density at radius 2 is 1.22 bits per heavy atom. The third kappa shape index (κ3) is 14.1. The summed E-state index contributed by atoms with van der Waals surface area (Å²) in [7, 11) is 0. The van der Waals surface area contributed by atoms with Gasteiger partial charge < -0.3 is 10.4 Å². The molecule has 1 aliphatic carbocycles. The highest BCUT2D eigenvalue weighted by Crippen LogP contribution is 2.18. The molecule has 0 aromatic carbocycles. The number of hydrogen-bond acceptors (Lipinski definition) is 2. The summed E-state index contributed by atoms with van der Waals surface area (Å²) < 4.78 is 0. The van der Waals surface area contributed by atoms with E-state index < -0.39 is 6.10 Å². The SMILES string of the molecule is CCCCCCCCCCCCCCCCC(O)C(=O)NC1CCCCC1. The Bertz CT molecular complexity index is 339. The predicted octanol–water partition coefficient (Wildman–Crippen LogP) is 6.67. The lowest BCUT2D eigenvalue weighted by molar-refractivity contribution is -0.130. The van der Waals surface area contributed by atoms with E-state index in [-0.39, 0.29) is 5.91 Å². The molecule has 1 saturated carbocycles. The van der Waals surface area contributed by atoms with Crippen molar-refractivity contribution in [1.82, 2.24) is 5.32 Å². The standard InChI is InChI=1S/C24H47NO2/c1-2-3-4-5-6-7-8-9-10-11-12-13-14-18-21-23(26)24(27)25-22-19-16-15-17-20-22/h22-23,26H,2-21H2,1H3,(H,25,27). The van der Waals surface area contributed by atoms with Gasteiger partial charge in [0.15, 0.2) is 0 Å². The maximum Gasteiger partial charge on any atom is 0.249 e. The molecule has 1 amide bonds. The number of carbonyl (C=O) groups excluding carboxylic acids is 1. The average Bonchev–Trinajstić information content (AvgIpc) is 2.68. The van der Waals surface area contributed by atoms with Crippen LogP contribution in [0, 0.1) is 0 Å². The van der Waals surface area contributed by atoms with Gasteiger partial charge in [0, 0.05) is 6.04 Å². The van der Waals surface area contributed by atoms with Crippen LogP contribution in [0.4, 0.5) is 0 Å². The molecular weight excluding hydrogens is 334 g/mol. The molecule has 0 spiro atoms. The highest BCUT2D eigenvalue weighted by Gasteiger charge is 2.20. The molecule has 0 radical (unpaired) electrons. The molecule has 0 aromatic rings. The lowest BCUT2D eigenvalue weighted by atomic mass is 9.95. The van der Waals surface area contributed by atoms with Crippen molar-refractivity contribution in [1.29, 1.82) is 0 Å². The first-order valence-corrected chi connectivity index (χ1v) is 12.2. The number of carbonyl (C=O) groups is 1. The molecule has 0 heterocycles. The van der Waals surface area contributed by atoms with Crippen LogP contribution in [0.25, 0.3) is 0 Å². The molecule has 1 unspecified atom stereocenters. The lowest BCUT2D eigenvalue weighted by Gasteiger charge is -2.24. The van der Waals surface area contributed by atoms with Gasteiger partial charge in [-0.15, -0.1) is 0 Å². The number of hydrogen-bond donors (Lipinski definition) is 2. The van der Waals surface area contributed by atoms with Crippen LogP contribution >= 0.6 is 0 Å². The highest BCUT2D eigenvalue weighted by molar-refractivity contribution is 5.80. The smallest absolute Gasteiger partial charge is 0.249 e. The molecular formula is C24H47NO2. The molecule has 3 heteroatoms. The molecule has 0 saturated heterocycles. The number of unbranched alkanes of at least 4 members (excludes halogenated alkanes) is 13. The van der Waals surface area contributed by atoms with E-state index >= 15 is 0 Å². The Morgan fingerprint density at radius 1 is 0.778 bits per heavy atom. The molecule has 0 aliphatic heterocycles. The van der Waals surface area contributed by atoms with Crippen LogP contribution in [-0.4, -0.2) is 23.2 Å². The summed E-state index contributed by atoms with van der Waals surface area (Å²) in [6.45, 7) is 2.27. The van der Waals surface area contributed by atoms with E-state index in [1.165, 1.54) is 96.3 Å². The summed E-state index contributed by atoms with van der Waals surface area (Å²) in [4.78, 5) is 12.0. The summed E-state index contributed by atoms with van der Waals surface area (Å²) in [6, 6.07) is 0.303. The zero-order valence-corrected chi connectivity index (χ0v) is 18.2. The minimum Gasteiger partial charge on any atom is -0.383 e. The second kappa shape index (κ2) is 17.5. The van der Waals surface area contributed by atoms with Gasteiger partial charge in [0.25, 0.3) is 0 Å². The summed E-state index contributed by atoms with van der Waals surface area (Å²) in [5.74, 6) is -0.142. The largest absolute Gasteiger partial charge is 0.383 e. The maximum absolute atomic E-state index is 12.0. The van der Waals surface area contributed by atoms with E-state index in [0.717, 1.165) is 25.7 Å². The number of aliphatic hydroxyl groups excluding tert-OH is 1. The third-order valence-corrected chi connectivity index (χ3v) is 6.09. The first-order chi connectivity index (χ1) is 13.2. The normalized spacial score (nSPS) is 16.4. The van der Waals surface area contributed by atoms with Gasteiger partial charge in [-0.3, -0.25) is 4.79 Å². The van der Waals surface area contributed by atoms with Crippen molar-refractivity contribution in [3.05, 3.63) is 0 Å². The van der Waals surface area contributed by atoms with Gasteiger partial charge in [-0.05, 0) is 19.3 Å². The molecule has 1 rings (SSSR count). The van der Waals surface area contributed by atoms with E-state index in [4.69, 9.17) is 0 Å². The van der Waals surface area contributed by atoms with Crippen molar-refractivity contribution in [2.45, 2.75) is 147 Å². The minimum atomic E-state index is -0.802. The fourth-order valence-electron chi connectivity index (χ4n) is 4.21. The quantitative estimate of drug-likeness (QED) is 0.276. The first kappa shape index (κ1) is 24.5. The molecule has 3 nitrogen and oxygen atoms in total. The van der Waals surface area contributed by atoms with Crippen molar-refractivity contribution in [2.24, 2.45) is 0 Å². The second-order valence-corrected chi connectivity index (χ2v) is 8.74. The zero-order chi connectivity index (χ0) is 19.6. The fraction of sp³-hybridized carbons (Fsp3) is 0.958. The Kier molecular flexibility index (Phi) is 15.9. The molecule has 1 fully saturated rings. The third-order valence-electron chi connectivity index (χ3n) is 6.09. The predicted molar refractivity (Wildman–Crippen MR) is 116 cm³/mol. The molecule has 1 aliphatic rings. The van der Waals surface area contributed by atoms with Crippen LogP contribution in [-0.2, 0) is 4.79 Å². The second-order valence-electron chi connectivity index (χ2n) is 8.74. The van der Waals surface area contributed by atoms with Crippen molar-refractivity contribution in [2.75, 3.05) is 0 Å². The Hall–Kier alpha value is -0.570. The zero-order valence-electron chi connectivity index (χ0n) is 18.2. The van der Waals surface area contributed by atoms with Gasteiger partial charge in [-0.1, -0.05) is 116 Å². The average molecular weight is 382 g/mol. The van der Waals surface area contributed by atoms with E-state index in [1.54, 1.807) is 0 Å². The van der Waals surface area contributed by atoms with E-state index in [0.29, 0.717) is 12.5 Å². The van der Waals surface area contributed by atoms with Gasteiger partial charge in [0.1, 0.15) is 6.10 Å². The van der Waals surface area contributed by atoms with Gasteiger partial charge in [-0.25, -0.2) is 0 Å². The molecule has 0 aromatic heterocycles. The summed E-state index contributed by atoms with van der Waals surface area (Å²) in [5, 5.41) is 13.1. The van der Waals surface area contributed by atoms with Crippen LogP contribution in [0.3, 0.4) is 0 Å². The van der Waals surface area contributed by atoms with Crippen molar-refractivity contribution >= 4 is 5.91 Å². The van der Waals surface area contributed by atoms with Gasteiger partial charge in [0.2, 0.25) is 5.91 Å². The Labute approximate surface area is 169 Å². The molecule has 27 heavy (non-hydrogen) atoms. The van der Waals surface area contributed by atoms with Gasteiger partial charge >= 0.3 is 0 Å². The van der Waals surface area contributed by atoms with Crippen LogP contribution in [0.2, 0.25) is 0 Å². The lowest BCUT2D eigenvalue weighted by Crippen LogP contribution is -2.42. The molecule has 1 atom stereocenters. The fourth-order valence-corrected chi connectivity index (χ4v) is 4.21. The van der Waals surface area contributed by atoms with Crippen molar-refractivity contribution in [3.8, 4) is 0 Å². The van der Waals surface area contributed by atoms with Crippen molar-refractivity contribution in [3.63, 3.8) is 0 Å². The monoisotopic (exact) mass is 381 g/mol. The van der Waals surface area contributed by atoms with Crippen LogP contribution < -0.4 is 5.32 Å². The van der Waals surface area contributed by atoms with E-state index in [1.807, 2.05) is 0 Å². The van der Waals surface area contributed by atoms with E-state index in [2.05, 4.69) is 12.2 Å². The summed E-state index contributed by atoms with van der Waals surface area (Å²) >= 11 is 0. The highest BCUT2D eigenvalue weighted by atomic mass is 16.3. The van der Waals surface area contributed by atoms with Crippen LogP contribution in [0.1, 0.15) is 135 Å². The first-order valence-electron chi connectivity index (χ1n) is 12.2. The summed E-state index contributed by atoms with van der Waals surface area (Å²) in [6.07, 6.45) is 24.3. The molecule has 0 bridgehead atoms. The van der Waals surface area contributed by atoms with Gasteiger partial charge in [-0.2, -0.15) is 0 Å².